The standard InChI is InChI=1S/C11H10O2/c12-8-6-11(7-9-13)10-4-2-1-3-5-10/h1-6,8-9H,7H2. The molecule has 0 fully saturated rings. The summed E-state index contributed by atoms with van der Waals surface area (Å²) in [5.41, 5.74) is 1.67. The Hall–Kier alpha value is -1.70. The summed E-state index contributed by atoms with van der Waals surface area (Å²) in [5.74, 6) is 0. The van der Waals surface area contributed by atoms with E-state index in [-0.39, 0.29) is 6.42 Å². The Morgan fingerprint density at radius 2 is 1.85 bits per heavy atom. The van der Waals surface area contributed by atoms with Gasteiger partial charge < -0.3 is 4.79 Å². The quantitative estimate of drug-likeness (QED) is 0.515. The fraction of sp³-hybridized carbons (Fsp3) is 0.0909. The van der Waals surface area contributed by atoms with Gasteiger partial charge in [-0.15, -0.1) is 0 Å². The van der Waals surface area contributed by atoms with Crippen LogP contribution in [-0.2, 0) is 9.59 Å². The van der Waals surface area contributed by atoms with Crippen LogP contribution in [0.1, 0.15) is 12.0 Å². The number of rotatable bonds is 4. The third-order valence-corrected chi connectivity index (χ3v) is 1.72. The highest BCUT2D eigenvalue weighted by Crippen LogP contribution is 2.15. The number of allylic oxidation sites excluding steroid dienone is 2. The molecule has 13 heavy (non-hydrogen) atoms. The van der Waals surface area contributed by atoms with Crippen molar-refractivity contribution in [2.75, 3.05) is 0 Å². The summed E-state index contributed by atoms with van der Waals surface area (Å²) >= 11 is 0. The third kappa shape index (κ3) is 2.67. The van der Waals surface area contributed by atoms with Crippen LogP contribution in [0.5, 0.6) is 0 Å². The Bertz CT molecular complexity index is 312. The zero-order valence-electron chi connectivity index (χ0n) is 7.14. The highest BCUT2D eigenvalue weighted by molar-refractivity contribution is 5.86. The molecule has 0 amide bonds. The molecule has 0 aliphatic heterocycles. The second kappa shape index (κ2) is 5.04. The van der Waals surface area contributed by atoms with E-state index in [1.165, 1.54) is 6.08 Å². The molecule has 1 aromatic carbocycles. The minimum absolute atomic E-state index is 0.281. The zero-order valence-corrected chi connectivity index (χ0v) is 7.14. The average molecular weight is 174 g/mol. The van der Waals surface area contributed by atoms with Gasteiger partial charge in [0.25, 0.3) is 0 Å². The first-order valence-electron chi connectivity index (χ1n) is 4.02. The van der Waals surface area contributed by atoms with E-state index in [2.05, 4.69) is 0 Å². The summed E-state index contributed by atoms with van der Waals surface area (Å²) in [7, 11) is 0. The first-order valence-corrected chi connectivity index (χ1v) is 4.02. The Kier molecular flexibility index (Phi) is 3.64. The van der Waals surface area contributed by atoms with Crippen molar-refractivity contribution in [2.24, 2.45) is 0 Å². The molecule has 0 saturated heterocycles. The highest BCUT2D eigenvalue weighted by atomic mass is 16.1. The van der Waals surface area contributed by atoms with Crippen LogP contribution in [0, 0.1) is 0 Å². The van der Waals surface area contributed by atoms with Gasteiger partial charge >= 0.3 is 0 Å². The molecule has 0 heterocycles. The van der Waals surface area contributed by atoms with E-state index >= 15 is 0 Å². The van der Waals surface area contributed by atoms with Gasteiger partial charge in [0.1, 0.15) is 12.6 Å². The minimum atomic E-state index is 0.281. The summed E-state index contributed by atoms with van der Waals surface area (Å²) in [6, 6.07) is 9.39. The molecule has 2 heteroatoms. The number of hydrogen-bond donors (Lipinski definition) is 0. The lowest BCUT2D eigenvalue weighted by Gasteiger charge is -2.00. The molecular weight excluding hydrogens is 164 g/mol. The summed E-state index contributed by atoms with van der Waals surface area (Å²) in [6.45, 7) is 0. The lowest BCUT2D eigenvalue weighted by atomic mass is 10.0. The smallest absolute Gasteiger partial charge is 0.143 e. The molecule has 1 rings (SSSR count). The molecule has 0 saturated carbocycles. The molecule has 0 aliphatic carbocycles. The summed E-state index contributed by atoms with van der Waals surface area (Å²) < 4.78 is 0. The van der Waals surface area contributed by atoms with E-state index in [9.17, 15) is 9.59 Å². The van der Waals surface area contributed by atoms with Crippen molar-refractivity contribution in [1.82, 2.24) is 0 Å². The molecule has 0 atom stereocenters. The predicted octanol–water partition coefficient (Wildman–Crippen LogP) is 1.86. The lowest BCUT2D eigenvalue weighted by molar-refractivity contribution is -0.107. The van der Waals surface area contributed by atoms with Crippen molar-refractivity contribution in [3.63, 3.8) is 0 Å². The number of benzene rings is 1. The van der Waals surface area contributed by atoms with Crippen LogP contribution in [0.25, 0.3) is 5.57 Å². The van der Waals surface area contributed by atoms with E-state index in [1.807, 2.05) is 30.3 Å². The third-order valence-electron chi connectivity index (χ3n) is 1.72. The zero-order chi connectivity index (χ0) is 9.52. The minimum Gasteiger partial charge on any atom is -0.303 e. The Labute approximate surface area is 76.9 Å². The molecule has 0 aromatic heterocycles. The van der Waals surface area contributed by atoms with Gasteiger partial charge in [0.2, 0.25) is 0 Å². The Balaban J connectivity index is 2.95. The Morgan fingerprint density at radius 3 is 2.38 bits per heavy atom. The first-order chi connectivity index (χ1) is 6.38. The monoisotopic (exact) mass is 174 g/mol. The van der Waals surface area contributed by atoms with Gasteiger partial charge in [0, 0.05) is 6.42 Å². The molecule has 0 N–H and O–H groups in total. The van der Waals surface area contributed by atoms with Gasteiger partial charge in [0.15, 0.2) is 0 Å². The van der Waals surface area contributed by atoms with Crippen molar-refractivity contribution >= 4 is 18.1 Å². The van der Waals surface area contributed by atoms with Gasteiger partial charge in [-0.2, -0.15) is 0 Å². The molecule has 0 radical (unpaired) electrons. The van der Waals surface area contributed by atoms with Gasteiger partial charge in [-0.3, -0.25) is 4.79 Å². The molecular formula is C11H10O2. The van der Waals surface area contributed by atoms with Crippen LogP contribution >= 0.6 is 0 Å². The maximum atomic E-state index is 10.3. The summed E-state index contributed by atoms with van der Waals surface area (Å²) in [5, 5.41) is 0. The van der Waals surface area contributed by atoms with E-state index in [0.717, 1.165) is 17.4 Å². The predicted molar refractivity (Wildman–Crippen MR) is 51.2 cm³/mol. The normalized spacial score (nSPS) is 10.9. The molecule has 0 unspecified atom stereocenters. The Morgan fingerprint density at radius 1 is 1.15 bits per heavy atom. The van der Waals surface area contributed by atoms with E-state index < -0.39 is 0 Å². The molecule has 0 bridgehead atoms. The molecule has 0 spiro atoms. The van der Waals surface area contributed by atoms with Gasteiger partial charge in [-0.05, 0) is 17.2 Å². The van der Waals surface area contributed by atoms with Gasteiger partial charge in [0.05, 0.1) is 0 Å². The van der Waals surface area contributed by atoms with Crippen LogP contribution in [0.3, 0.4) is 0 Å². The van der Waals surface area contributed by atoms with E-state index in [4.69, 9.17) is 0 Å². The molecule has 66 valence electrons. The van der Waals surface area contributed by atoms with E-state index in [1.54, 1.807) is 0 Å². The largest absolute Gasteiger partial charge is 0.303 e. The fourth-order valence-corrected chi connectivity index (χ4v) is 1.11. The van der Waals surface area contributed by atoms with Gasteiger partial charge in [-0.25, -0.2) is 0 Å². The second-order valence-electron chi connectivity index (χ2n) is 2.56. The maximum Gasteiger partial charge on any atom is 0.143 e. The van der Waals surface area contributed by atoms with Crippen LogP contribution in [0.4, 0.5) is 0 Å². The molecule has 0 aliphatic rings. The summed E-state index contributed by atoms with van der Waals surface area (Å²) in [4.78, 5) is 20.6. The van der Waals surface area contributed by atoms with Crippen LogP contribution in [0.15, 0.2) is 36.4 Å². The van der Waals surface area contributed by atoms with Crippen molar-refractivity contribution in [2.45, 2.75) is 6.42 Å². The van der Waals surface area contributed by atoms with E-state index in [0.29, 0.717) is 6.29 Å². The summed E-state index contributed by atoms with van der Waals surface area (Å²) in [6.07, 6.45) is 3.20. The number of carbonyl (C=O) groups excluding carboxylic acids is 2. The first kappa shape index (κ1) is 9.39. The SMILES string of the molecule is O=CC=C(CC=O)c1ccccc1. The number of carbonyl (C=O) groups is 2. The second-order valence-corrected chi connectivity index (χ2v) is 2.56. The van der Waals surface area contributed by atoms with Gasteiger partial charge in [-0.1, -0.05) is 30.3 Å². The molecule has 2 nitrogen and oxygen atoms in total. The topological polar surface area (TPSA) is 34.1 Å². The number of hydrogen-bond acceptors (Lipinski definition) is 2. The van der Waals surface area contributed by atoms with Crippen molar-refractivity contribution in [3.8, 4) is 0 Å². The average Bonchev–Trinajstić information content (AvgIpc) is 2.19. The lowest BCUT2D eigenvalue weighted by Crippen LogP contribution is -1.86. The maximum absolute atomic E-state index is 10.3. The highest BCUT2D eigenvalue weighted by Gasteiger charge is 1.98. The van der Waals surface area contributed by atoms with Crippen LogP contribution < -0.4 is 0 Å². The molecule has 1 aromatic rings. The van der Waals surface area contributed by atoms with Crippen LogP contribution in [-0.4, -0.2) is 12.6 Å². The van der Waals surface area contributed by atoms with Crippen molar-refractivity contribution in [1.29, 1.82) is 0 Å². The van der Waals surface area contributed by atoms with Crippen LogP contribution in [0.2, 0.25) is 0 Å². The van der Waals surface area contributed by atoms with Crippen molar-refractivity contribution < 1.29 is 9.59 Å². The number of aldehydes is 2. The fourth-order valence-electron chi connectivity index (χ4n) is 1.11. The van der Waals surface area contributed by atoms with Crippen molar-refractivity contribution in [3.05, 3.63) is 42.0 Å².